The van der Waals surface area contributed by atoms with E-state index in [-0.39, 0.29) is 18.6 Å². The second-order valence-electron chi connectivity index (χ2n) is 2.67. The van der Waals surface area contributed by atoms with E-state index in [1.54, 1.807) is 7.11 Å². The van der Waals surface area contributed by atoms with Crippen molar-refractivity contribution in [2.24, 2.45) is 0 Å². The SMILES string of the molecule is COCC(CCO)NC(=O)CCCl. The lowest BCUT2D eigenvalue weighted by atomic mass is 10.2. The van der Waals surface area contributed by atoms with E-state index >= 15 is 0 Å². The summed E-state index contributed by atoms with van der Waals surface area (Å²) in [6, 6.07) is -0.120. The highest BCUT2D eigenvalue weighted by Crippen LogP contribution is 1.94. The van der Waals surface area contributed by atoms with Gasteiger partial charge in [0.05, 0.1) is 12.6 Å². The average molecular weight is 210 g/mol. The van der Waals surface area contributed by atoms with Crippen LogP contribution in [-0.4, -0.2) is 43.3 Å². The summed E-state index contributed by atoms with van der Waals surface area (Å²) in [4.78, 5) is 11.1. The molecule has 0 spiro atoms. The number of ether oxygens (including phenoxy) is 1. The fraction of sp³-hybridized carbons (Fsp3) is 0.875. The first-order valence-corrected chi connectivity index (χ1v) is 4.73. The molecule has 0 aromatic heterocycles. The zero-order valence-electron chi connectivity index (χ0n) is 7.75. The highest BCUT2D eigenvalue weighted by Gasteiger charge is 2.10. The molecule has 0 aliphatic rings. The highest BCUT2D eigenvalue weighted by atomic mass is 35.5. The van der Waals surface area contributed by atoms with Gasteiger partial charge in [0.1, 0.15) is 0 Å². The van der Waals surface area contributed by atoms with Gasteiger partial charge in [-0.1, -0.05) is 0 Å². The molecule has 0 bridgehead atoms. The smallest absolute Gasteiger partial charge is 0.221 e. The highest BCUT2D eigenvalue weighted by molar-refractivity contribution is 6.18. The Morgan fingerprint density at radius 3 is 2.85 bits per heavy atom. The monoisotopic (exact) mass is 209 g/mol. The van der Waals surface area contributed by atoms with Gasteiger partial charge in [0.25, 0.3) is 0 Å². The third kappa shape index (κ3) is 6.81. The summed E-state index contributed by atoms with van der Waals surface area (Å²) in [7, 11) is 1.55. The molecule has 1 unspecified atom stereocenters. The zero-order valence-corrected chi connectivity index (χ0v) is 8.51. The minimum absolute atomic E-state index is 0.0369. The number of hydrogen-bond donors (Lipinski definition) is 2. The Kier molecular flexibility index (Phi) is 8.08. The number of carbonyl (C=O) groups is 1. The van der Waals surface area contributed by atoms with Crippen LogP contribution in [0.4, 0.5) is 0 Å². The van der Waals surface area contributed by atoms with Gasteiger partial charge >= 0.3 is 0 Å². The van der Waals surface area contributed by atoms with Crippen LogP contribution in [0.25, 0.3) is 0 Å². The number of methoxy groups -OCH3 is 1. The van der Waals surface area contributed by atoms with Crippen LogP contribution >= 0.6 is 11.6 Å². The Morgan fingerprint density at radius 1 is 1.69 bits per heavy atom. The van der Waals surface area contributed by atoms with Crippen LogP contribution in [0.1, 0.15) is 12.8 Å². The number of carbonyl (C=O) groups excluding carboxylic acids is 1. The molecule has 1 amide bonds. The molecule has 0 saturated heterocycles. The molecule has 4 nitrogen and oxygen atoms in total. The van der Waals surface area contributed by atoms with Crippen LogP contribution in [-0.2, 0) is 9.53 Å². The van der Waals surface area contributed by atoms with Gasteiger partial charge in [0.2, 0.25) is 5.91 Å². The Bertz CT molecular complexity index is 137. The molecule has 5 heteroatoms. The van der Waals surface area contributed by atoms with E-state index in [2.05, 4.69) is 5.32 Å². The van der Waals surface area contributed by atoms with Crippen molar-refractivity contribution >= 4 is 17.5 Å². The van der Waals surface area contributed by atoms with Crippen molar-refractivity contribution in [3.8, 4) is 0 Å². The molecule has 0 radical (unpaired) electrons. The number of hydrogen-bond acceptors (Lipinski definition) is 3. The van der Waals surface area contributed by atoms with Crippen LogP contribution in [0.15, 0.2) is 0 Å². The Hall–Kier alpha value is -0.320. The van der Waals surface area contributed by atoms with Crippen molar-refractivity contribution in [3.05, 3.63) is 0 Å². The van der Waals surface area contributed by atoms with E-state index in [1.165, 1.54) is 0 Å². The fourth-order valence-electron chi connectivity index (χ4n) is 0.940. The molecule has 13 heavy (non-hydrogen) atoms. The van der Waals surface area contributed by atoms with Gasteiger partial charge in [-0.2, -0.15) is 0 Å². The molecule has 0 fully saturated rings. The molecule has 0 aliphatic heterocycles. The molecule has 78 valence electrons. The van der Waals surface area contributed by atoms with E-state index in [0.717, 1.165) is 0 Å². The van der Waals surface area contributed by atoms with E-state index in [1.807, 2.05) is 0 Å². The van der Waals surface area contributed by atoms with Gasteiger partial charge in [0.15, 0.2) is 0 Å². The van der Waals surface area contributed by atoms with Crippen LogP contribution in [0, 0.1) is 0 Å². The minimum atomic E-state index is -0.120. The predicted octanol–water partition coefficient (Wildman–Crippen LogP) is 0.129. The van der Waals surface area contributed by atoms with Crippen LogP contribution < -0.4 is 5.32 Å². The van der Waals surface area contributed by atoms with Crippen molar-refractivity contribution in [2.45, 2.75) is 18.9 Å². The Labute approximate surface area is 83.2 Å². The zero-order chi connectivity index (χ0) is 10.1. The number of halogens is 1. The Balaban J connectivity index is 3.71. The standard InChI is InChI=1S/C8H16ClNO3/c1-13-6-7(3-5-11)10-8(12)2-4-9/h7,11H,2-6H2,1H3,(H,10,12). The average Bonchev–Trinajstić information content (AvgIpc) is 2.05. The quantitative estimate of drug-likeness (QED) is 0.586. The van der Waals surface area contributed by atoms with Gasteiger partial charge in [-0.15, -0.1) is 11.6 Å². The van der Waals surface area contributed by atoms with E-state index in [0.29, 0.717) is 25.3 Å². The van der Waals surface area contributed by atoms with Gasteiger partial charge in [-0.25, -0.2) is 0 Å². The first kappa shape index (κ1) is 12.7. The lowest BCUT2D eigenvalue weighted by Crippen LogP contribution is -2.38. The van der Waals surface area contributed by atoms with Crippen LogP contribution in [0.3, 0.4) is 0 Å². The maximum absolute atomic E-state index is 11.1. The topological polar surface area (TPSA) is 58.6 Å². The maximum atomic E-state index is 11.1. The summed E-state index contributed by atoms with van der Waals surface area (Å²) < 4.78 is 4.88. The van der Waals surface area contributed by atoms with Crippen molar-refractivity contribution in [3.63, 3.8) is 0 Å². The molecule has 0 aromatic rings. The molecular weight excluding hydrogens is 194 g/mol. The number of nitrogens with one attached hydrogen (secondary N) is 1. The molecule has 0 rings (SSSR count). The Morgan fingerprint density at radius 2 is 2.38 bits per heavy atom. The van der Waals surface area contributed by atoms with Gasteiger partial charge in [-0.05, 0) is 6.42 Å². The van der Waals surface area contributed by atoms with E-state index in [9.17, 15) is 4.79 Å². The molecule has 1 atom stereocenters. The minimum Gasteiger partial charge on any atom is -0.396 e. The second-order valence-corrected chi connectivity index (χ2v) is 3.05. The summed E-state index contributed by atoms with van der Waals surface area (Å²) >= 11 is 5.39. The van der Waals surface area contributed by atoms with Crippen LogP contribution in [0.2, 0.25) is 0 Å². The number of aliphatic hydroxyl groups excluding tert-OH is 1. The third-order valence-corrected chi connectivity index (χ3v) is 1.72. The van der Waals surface area contributed by atoms with E-state index in [4.69, 9.17) is 21.4 Å². The van der Waals surface area contributed by atoms with Crippen molar-refractivity contribution in [1.29, 1.82) is 0 Å². The predicted molar refractivity (Wildman–Crippen MR) is 50.8 cm³/mol. The van der Waals surface area contributed by atoms with Gasteiger partial charge in [-0.3, -0.25) is 4.79 Å². The molecule has 0 aliphatic carbocycles. The summed E-state index contributed by atoms with van der Waals surface area (Å²) in [5, 5.41) is 11.4. The number of rotatable bonds is 7. The van der Waals surface area contributed by atoms with Crippen molar-refractivity contribution in [2.75, 3.05) is 26.2 Å². The van der Waals surface area contributed by atoms with Crippen LogP contribution in [0.5, 0.6) is 0 Å². The summed E-state index contributed by atoms with van der Waals surface area (Å²) in [6.45, 7) is 0.448. The maximum Gasteiger partial charge on any atom is 0.221 e. The number of alkyl halides is 1. The largest absolute Gasteiger partial charge is 0.396 e. The van der Waals surface area contributed by atoms with Gasteiger partial charge < -0.3 is 15.2 Å². The lowest BCUT2D eigenvalue weighted by molar-refractivity contribution is -0.121. The van der Waals surface area contributed by atoms with Gasteiger partial charge in [0, 0.05) is 26.0 Å². The summed E-state index contributed by atoms with van der Waals surface area (Å²) in [5.74, 6) is 0.204. The normalized spacial score (nSPS) is 12.5. The molecular formula is C8H16ClNO3. The molecule has 2 N–H and O–H groups in total. The molecule has 0 saturated carbocycles. The van der Waals surface area contributed by atoms with Crippen molar-refractivity contribution < 1.29 is 14.6 Å². The first-order valence-electron chi connectivity index (χ1n) is 4.19. The second kappa shape index (κ2) is 8.29. The fourth-order valence-corrected chi connectivity index (χ4v) is 1.11. The summed E-state index contributed by atoms with van der Waals surface area (Å²) in [5.41, 5.74) is 0. The first-order chi connectivity index (χ1) is 6.24. The third-order valence-electron chi connectivity index (χ3n) is 1.53. The summed E-state index contributed by atoms with van der Waals surface area (Å²) in [6.07, 6.45) is 0.801. The molecule has 0 heterocycles. The molecule has 0 aromatic carbocycles. The van der Waals surface area contributed by atoms with E-state index < -0.39 is 0 Å². The lowest BCUT2D eigenvalue weighted by Gasteiger charge is -2.16. The van der Waals surface area contributed by atoms with Crippen molar-refractivity contribution in [1.82, 2.24) is 5.32 Å². The number of amides is 1. The number of aliphatic hydroxyl groups is 1.